The van der Waals surface area contributed by atoms with Crippen molar-refractivity contribution in [1.29, 1.82) is 0 Å². The van der Waals surface area contributed by atoms with Crippen molar-refractivity contribution in [2.75, 3.05) is 19.9 Å². The largest absolute Gasteiger partial charge is 0.454 e. The molecule has 0 radical (unpaired) electrons. The molecule has 1 fully saturated rings. The van der Waals surface area contributed by atoms with Crippen molar-refractivity contribution >= 4 is 5.91 Å². The number of carbonyl (C=O) groups excluding carboxylic acids is 1. The van der Waals surface area contributed by atoms with Gasteiger partial charge in [-0.2, -0.15) is 0 Å². The lowest BCUT2D eigenvalue weighted by Gasteiger charge is -2.35. The predicted octanol–water partition coefficient (Wildman–Crippen LogP) is 3.42. The summed E-state index contributed by atoms with van der Waals surface area (Å²) in [5.74, 6) is 1.75. The van der Waals surface area contributed by atoms with Gasteiger partial charge < -0.3 is 14.4 Å². The highest BCUT2D eigenvalue weighted by Crippen LogP contribution is 2.35. The van der Waals surface area contributed by atoms with Crippen molar-refractivity contribution in [3.05, 3.63) is 23.8 Å². The van der Waals surface area contributed by atoms with E-state index in [0.29, 0.717) is 12.6 Å². The number of carbonyl (C=O) groups is 1. The van der Waals surface area contributed by atoms with Gasteiger partial charge in [-0.15, -0.1) is 0 Å². The van der Waals surface area contributed by atoms with E-state index in [4.69, 9.17) is 9.47 Å². The fraction of sp³-hybridized carbons (Fsp3) is 0.650. The highest BCUT2D eigenvalue weighted by molar-refractivity contribution is 5.78. The third-order valence-corrected chi connectivity index (χ3v) is 5.45. The highest BCUT2D eigenvalue weighted by Gasteiger charge is 2.27. The third kappa shape index (κ3) is 4.09. The van der Waals surface area contributed by atoms with E-state index >= 15 is 0 Å². The van der Waals surface area contributed by atoms with Gasteiger partial charge in [-0.3, -0.25) is 10.1 Å². The van der Waals surface area contributed by atoms with Crippen LogP contribution < -0.4 is 14.8 Å². The Balaban J connectivity index is 1.61. The number of ether oxygens (including phenoxy) is 2. The second-order valence-corrected chi connectivity index (χ2v) is 7.52. The molecule has 1 saturated carbocycles. The lowest BCUT2D eigenvalue weighted by molar-refractivity contribution is -0.133. The Kier molecular flexibility index (Phi) is 5.52. The molecule has 1 aliphatic heterocycles. The summed E-state index contributed by atoms with van der Waals surface area (Å²) in [5.41, 5.74) is 0.771. The fourth-order valence-electron chi connectivity index (χ4n) is 3.82. The average Bonchev–Trinajstić information content (AvgIpc) is 3.09. The first-order chi connectivity index (χ1) is 12.0. The summed E-state index contributed by atoms with van der Waals surface area (Å²) in [7, 11) is 0. The molecule has 0 aromatic heterocycles. The zero-order chi connectivity index (χ0) is 17.9. The van der Waals surface area contributed by atoms with E-state index in [-0.39, 0.29) is 18.2 Å². The van der Waals surface area contributed by atoms with Gasteiger partial charge in [-0.05, 0) is 51.3 Å². The summed E-state index contributed by atoms with van der Waals surface area (Å²) in [6, 6.07) is 6.38. The second kappa shape index (κ2) is 7.65. The third-order valence-electron chi connectivity index (χ3n) is 5.45. The molecule has 5 nitrogen and oxygen atoms in total. The van der Waals surface area contributed by atoms with Crippen molar-refractivity contribution in [3.63, 3.8) is 0 Å². The molecule has 0 atom stereocenters. The summed E-state index contributed by atoms with van der Waals surface area (Å²) in [5, 5.41) is 3.43. The molecule has 0 saturated heterocycles. The Labute approximate surface area is 150 Å². The van der Waals surface area contributed by atoms with E-state index in [1.807, 2.05) is 18.2 Å². The molecule has 3 rings (SSSR count). The van der Waals surface area contributed by atoms with Crippen LogP contribution in [0.4, 0.5) is 0 Å². The SMILES string of the molecule is CCN(C(=O)CNC(C)(C)c1ccc2c(c1)OCO2)C1CCCCC1. The van der Waals surface area contributed by atoms with Crippen molar-refractivity contribution < 1.29 is 14.3 Å². The number of benzene rings is 1. The predicted molar refractivity (Wildman–Crippen MR) is 97.9 cm³/mol. The van der Waals surface area contributed by atoms with E-state index in [2.05, 4.69) is 31.0 Å². The fourth-order valence-corrected chi connectivity index (χ4v) is 3.82. The number of hydrogen-bond donors (Lipinski definition) is 1. The summed E-state index contributed by atoms with van der Waals surface area (Å²) >= 11 is 0. The Morgan fingerprint density at radius 1 is 1.20 bits per heavy atom. The quantitative estimate of drug-likeness (QED) is 0.857. The number of amides is 1. The van der Waals surface area contributed by atoms with Gasteiger partial charge in [0.2, 0.25) is 12.7 Å². The monoisotopic (exact) mass is 346 g/mol. The number of nitrogens with one attached hydrogen (secondary N) is 1. The van der Waals surface area contributed by atoms with Gasteiger partial charge in [-0.25, -0.2) is 0 Å². The average molecular weight is 346 g/mol. The molecule has 2 aliphatic rings. The maximum Gasteiger partial charge on any atom is 0.236 e. The molecule has 0 unspecified atom stereocenters. The lowest BCUT2D eigenvalue weighted by Crippen LogP contribution is -2.48. The van der Waals surface area contributed by atoms with Crippen molar-refractivity contribution in [2.45, 2.75) is 64.5 Å². The Bertz CT molecular complexity index is 609. The van der Waals surface area contributed by atoms with Gasteiger partial charge in [0.15, 0.2) is 11.5 Å². The first-order valence-corrected chi connectivity index (χ1v) is 9.46. The minimum absolute atomic E-state index is 0.197. The van der Waals surface area contributed by atoms with Crippen LogP contribution in [0, 0.1) is 0 Å². The van der Waals surface area contributed by atoms with Gasteiger partial charge in [-0.1, -0.05) is 25.3 Å². The molecule has 1 amide bonds. The van der Waals surface area contributed by atoms with Gasteiger partial charge in [0, 0.05) is 18.1 Å². The molecule has 0 bridgehead atoms. The molecular formula is C20H30N2O3. The van der Waals surface area contributed by atoms with Crippen LogP contribution in [0.15, 0.2) is 18.2 Å². The van der Waals surface area contributed by atoms with Crippen LogP contribution in [0.25, 0.3) is 0 Å². The number of fused-ring (bicyclic) bond motifs is 1. The minimum Gasteiger partial charge on any atom is -0.454 e. The van der Waals surface area contributed by atoms with Gasteiger partial charge in [0.25, 0.3) is 0 Å². The van der Waals surface area contributed by atoms with Crippen LogP contribution in [-0.4, -0.2) is 36.7 Å². The summed E-state index contributed by atoms with van der Waals surface area (Å²) in [6.07, 6.45) is 6.07. The molecule has 0 spiro atoms. The zero-order valence-electron chi connectivity index (χ0n) is 15.6. The second-order valence-electron chi connectivity index (χ2n) is 7.52. The van der Waals surface area contributed by atoms with Crippen LogP contribution in [0.5, 0.6) is 11.5 Å². The van der Waals surface area contributed by atoms with E-state index in [1.165, 1.54) is 19.3 Å². The van der Waals surface area contributed by atoms with Gasteiger partial charge in [0.05, 0.1) is 6.54 Å². The lowest BCUT2D eigenvalue weighted by atomic mass is 9.93. The summed E-state index contributed by atoms with van der Waals surface area (Å²) in [4.78, 5) is 14.8. The number of nitrogens with zero attached hydrogens (tertiary/aromatic N) is 1. The Morgan fingerprint density at radius 3 is 2.64 bits per heavy atom. The molecule has 5 heteroatoms. The zero-order valence-corrected chi connectivity index (χ0v) is 15.6. The number of hydrogen-bond acceptors (Lipinski definition) is 4. The molecule has 1 heterocycles. The topological polar surface area (TPSA) is 50.8 Å². The van der Waals surface area contributed by atoms with Crippen molar-refractivity contribution in [2.24, 2.45) is 0 Å². The minimum atomic E-state index is -0.317. The van der Waals surface area contributed by atoms with E-state index in [1.54, 1.807) is 0 Å². The first kappa shape index (κ1) is 18.1. The maximum absolute atomic E-state index is 12.8. The summed E-state index contributed by atoms with van der Waals surface area (Å²) in [6.45, 7) is 7.68. The van der Waals surface area contributed by atoms with Crippen LogP contribution in [0.3, 0.4) is 0 Å². The van der Waals surface area contributed by atoms with E-state index in [9.17, 15) is 4.79 Å². The summed E-state index contributed by atoms with van der Waals surface area (Å²) < 4.78 is 10.8. The van der Waals surface area contributed by atoms with E-state index < -0.39 is 0 Å². The van der Waals surface area contributed by atoms with Crippen LogP contribution in [0.2, 0.25) is 0 Å². The molecule has 1 aliphatic carbocycles. The smallest absolute Gasteiger partial charge is 0.236 e. The van der Waals surface area contributed by atoms with Crippen molar-refractivity contribution in [3.8, 4) is 11.5 Å². The van der Waals surface area contributed by atoms with Crippen LogP contribution >= 0.6 is 0 Å². The molecule has 1 aromatic carbocycles. The number of rotatable bonds is 6. The Morgan fingerprint density at radius 2 is 1.92 bits per heavy atom. The molecular weight excluding hydrogens is 316 g/mol. The van der Waals surface area contributed by atoms with Crippen molar-refractivity contribution in [1.82, 2.24) is 10.2 Å². The standard InChI is InChI=1S/C20H30N2O3/c1-4-22(16-8-6-5-7-9-16)19(23)13-21-20(2,3)15-10-11-17-18(12-15)25-14-24-17/h10-12,16,21H,4-9,13-14H2,1-3H3. The van der Waals surface area contributed by atoms with Crippen LogP contribution in [0.1, 0.15) is 58.4 Å². The molecule has 138 valence electrons. The molecule has 25 heavy (non-hydrogen) atoms. The first-order valence-electron chi connectivity index (χ1n) is 9.46. The van der Waals surface area contributed by atoms with Gasteiger partial charge in [0.1, 0.15) is 0 Å². The van der Waals surface area contributed by atoms with Gasteiger partial charge >= 0.3 is 0 Å². The normalized spacial score (nSPS) is 17.6. The maximum atomic E-state index is 12.8. The van der Waals surface area contributed by atoms with E-state index in [0.717, 1.165) is 36.4 Å². The number of likely N-dealkylation sites (N-methyl/N-ethyl adjacent to an activating group) is 1. The highest BCUT2D eigenvalue weighted by atomic mass is 16.7. The molecule has 1 N–H and O–H groups in total. The molecule has 1 aromatic rings. The van der Waals surface area contributed by atoms with Crippen LogP contribution in [-0.2, 0) is 10.3 Å². The Hall–Kier alpha value is -1.75.